The summed E-state index contributed by atoms with van der Waals surface area (Å²) in [5, 5.41) is 31.9. The van der Waals surface area contributed by atoms with Crippen LogP contribution in [0.1, 0.15) is 12.8 Å². The van der Waals surface area contributed by atoms with Gasteiger partial charge in [-0.2, -0.15) is 25.3 Å². The maximum absolute atomic E-state index is 9.66. The molecule has 0 aliphatic rings. The third-order valence-corrected chi connectivity index (χ3v) is 1.12. The van der Waals surface area contributed by atoms with Crippen LogP contribution in [0.4, 0.5) is 0 Å². The minimum Gasteiger partial charge on any atom is -0.862 e. The van der Waals surface area contributed by atoms with Gasteiger partial charge in [0, 0.05) is 0 Å². The van der Waals surface area contributed by atoms with E-state index in [1.165, 1.54) is 0 Å². The van der Waals surface area contributed by atoms with E-state index in [2.05, 4.69) is 25.3 Å². The first-order valence-electron chi connectivity index (χ1n) is 3.25. The predicted octanol–water partition coefficient (Wildman–Crippen LogP) is -0.715. The van der Waals surface area contributed by atoms with Crippen molar-refractivity contribution in [1.82, 2.24) is 0 Å². The Kier molecular flexibility index (Phi) is 21.5. The first-order valence-corrected chi connectivity index (χ1v) is 4.51. The van der Waals surface area contributed by atoms with Gasteiger partial charge in [0.05, 0.1) is 0 Å². The Balaban J connectivity index is -0.000000143. The van der Waals surface area contributed by atoms with E-state index in [1.54, 1.807) is 0 Å². The summed E-state index contributed by atoms with van der Waals surface area (Å²) in [6, 6.07) is 0. The van der Waals surface area contributed by atoms with Crippen LogP contribution in [0.15, 0.2) is 0 Å². The normalized spacial score (nSPS) is 7.54. The quantitative estimate of drug-likeness (QED) is 0.236. The van der Waals surface area contributed by atoms with E-state index in [4.69, 9.17) is 10.8 Å². The summed E-state index contributed by atoms with van der Waals surface area (Å²) in [6.45, 7) is 0. The Morgan fingerprint density at radius 2 is 1.15 bits per heavy atom. The summed E-state index contributed by atoms with van der Waals surface area (Å²) in [6.07, 6.45) is 0.534. The van der Waals surface area contributed by atoms with Gasteiger partial charge in [-0.3, -0.25) is 0 Å². The Bertz CT molecular complexity index is 131. The molecule has 0 saturated carbocycles. The Morgan fingerprint density at radius 1 is 0.923 bits per heavy atom. The maximum Gasteiger partial charge on any atom is 2.00 e. The standard InChI is InChI=1S/2C3H7NOS.Zn/c2*4-3(5)1-2-6;/h2*6H,1-2H2,(H2,4,5);/q;;+2/p-2. The van der Waals surface area contributed by atoms with Gasteiger partial charge in [0.1, 0.15) is 0 Å². The van der Waals surface area contributed by atoms with Crippen LogP contribution in [0.3, 0.4) is 0 Å². The van der Waals surface area contributed by atoms with Crippen LogP contribution < -0.4 is 10.2 Å². The Labute approximate surface area is 102 Å². The Hall–Kier alpha value is 0.263. The van der Waals surface area contributed by atoms with E-state index < -0.39 is 11.8 Å². The fourth-order valence-corrected chi connectivity index (χ4v) is 0.609. The zero-order chi connectivity index (χ0) is 9.98. The second kappa shape index (κ2) is 14.8. The number of thiol groups is 2. The van der Waals surface area contributed by atoms with E-state index >= 15 is 0 Å². The number of hydrogen-bond donors (Lipinski definition) is 4. The van der Waals surface area contributed by atoms with Gasteiger partial charge in [0.2, 0.25) is 0 Å². The topological polar surface area (TPSA) is 93.8 Å². The van der Waals surface area contributed by atoms with Gasteiger partial charge >= 0.3 is 19.5 Å². The van der Waals surface area contributed by atoms with Crippen LogP contribution in [0, 0.1) is 10.8 Å². The molecule has 0 saturated heterocycles. The van der Waals surface area contributed by atoms with Gasteiger partial charge < -0.3 is 21.0 Å². The van der Waals surface area contributed by atoms with Crippen LogP contribution in [-0.2, 0) is 19.5 Å². The first kappa shape index (κ1) is 18.9. The van der Waals surface area contributed by atoms with Crippen LogP contribution in [-0.4, -0.2) is 23.3 Å². The molecule has 0 aromatic carbocycles. The SMILES string of the molecule is N=C([O-])CCS.N=C([O-])CCS.[Zn+2]. The summed E-state index contributed by atoms with van der Waals surface area (Å²) < 4.78 is 0. The minimum atomic E-state index is -0.537. The van der Waals surface area contributed by atoms with Crippen molar-refractivity contribution in [1.29, 1.82) is 10.8 Å². The van der Waals surface area contributed by atoms with E-state index in [0.717, 1.165) is 0 Å². The summed E-state index contributed by atoms with van der Waals surface area (Å²) in [4.78, 5) is 0. The van der Waals surface area contributed by atoms with Gasteiger partial charge in [-0.15, -0.1) is 0 Å². The zero-order valence-electron chi connectivity index (χ0n) is 7.25. The molecule has 0 radical (unpaired) electrons. The summed E-state index contributed by atoms with van der Waals surface area (Å²) in [5.41, 5.74) is 0. The molecule has 0 unspecified atom stereocenters. The summed E-state index contributed by atoms with van der Waals surface area (Å²) >= 11 is 7.44. The Morgan fingerprint density at radius 3 is 1.15 bits per heavy atom. The van der Waals surface area contributed by atoms with E-state index in [-0.39, 0.29) is 32.3 Å². The molecule has 13 heavy (non-hydrogen) atoms. The molecule has 0 aliphatic carbocycles. The van der Waals surface area contributed by atoms with Gasteiger partial charge in [-0.25, -0.2) is 0 Å². The maximum atomic E-state index is 9.66. The van der Waals surface area contributed by atoms with E-state index in [0.29, 0.717) is 11.5 Å². The average Bonchev–Trinajstić information content (AvgIpc) is 1.87. The molecule has 0 aromatic heterocycles. The van der Waals surface area contributed by atoms with Gasteiger partial charge in [0.15, 0.2) is 0 Å². The fraction of sp³-hybridized carbons (Fsp3) is 0.667. The van der Waals surface area contributed by atoms with Crippen LogP contribution in [0.2, 0.25) is 0 Å². The minimum absolute atomic E-state index is 0. The van der Waals surface area contributed by atoms with Crippen molar-refractivity contribution < 1.29 is 29.7 Å². The molecule has 0 rings (SSSR count). The van der Waals surface area contributed by atoms with Crippen molar-refractivity contribution in [2.75, 3.05) is 11.5 Å². The molecular weight excluding hydrogens is 262 g/mol. The number of nitrogens with one attached hydrogen (secondary N) is 2. The number of hydrogen-bond acceptors (Lipinski definition) is 6. The molecule has 0 heterocycles. The van der Waals surface area contributed by atoms with Crippen LogP contribution in [0.5, 0.6) is 0 Å². The van der Waals surface area contributed by atoms with E-state index in [9.17, 15) is 10.2 Å². The fourth-order valence-electron chi connectivity index (χ4n) is 0.203. The van der Waals surface area contributed by atoms with Crippen LogP contribution >= 0.6 is 25.3 Å². The monoisotopic (exact) mass is 272 g/mol. The average molecular weight is 274 g/mol. The second-order valence-electron chi connectivity index (χ2n) is 1.79. The van der Waals surface area contributed by atoms with E-state index in [1.807, 2.05) is 0 Å². The molecule has 0 bridgehead atoms. The molecule has 0 spiro atoms. The summed E-state index contributed by atoms with van der Waals surface area (Å²) in [5.74, 6) is -0.0972. The summed E-state index contributed by atoms with van der Waals surface area (Å²) in [7, 11) is 0. The van der Waals surface area contributed by atoms with Crippen molar-refractivity contribution in [3.63, 3.8) is 0 Å². The molecule has 4 nitrogen and oxygen atoms in total. The molecule has 2 N–H and O–H groups in total. The molecular formula is C6H12N2O2S2Zn. The van der Waals surface area contributed by atoms with Crippen molar-refractivity contribution in [2.24, 2.45) is 0 Å². The first-order chi connectivity index (χ1) is 5.54. The molecule has 0 amide bonds. The second-order valence-corrected chi connectivity index (χ2v) is 2.69. The third kappa shape index (κ3) is 32.9. The molecule has 0 atom stereocenters. The zero-order valence-corrected chi connectivity index (χ0v) is 12.0. The van der Waals surface area contributed by atoms with Gasteiger partial charge in [-0.05, 0) is 36.1 Å². The smallest absolute Gasteiger partial charge is 0.862 e. The molecule has 0 aromatic rings. The van der Waals surface area contributed by atoms with Crippen LogP contribution in [0.25, 0.3) is 0 Å². The predicted molar refractivity (Wildman–Crippen MR) is 52.4 cm³/mol. The molecule has 0 fully saturated rings. The largest absolute Gasteiger partial charge is 2.00 e. The van der Waals surface area contributed by atoms with Crippen molar-refractivity contribution in [2.45, 2.75) is 12.8 Å². The van der Waals surface area contributed by atoms with Gasteiger partial charge in [-0.1, -0.05) is 0 Å². The molecule has 72 valence electrons. The molecule has 0 aliphatic heterocycles. The third-order valence-electron chi connectivity index (χ3n) is 0.678. The number of rotatable bonds is 4. The molecule has 7 heteroatoms. The van der Waals surface area contributed by atoms with Crippen molar-refractivity contribution in [3.05, 3.63) is 0 Å². The van der Waals surface area contributed by atoms with Gasteiger partial charge in [0.25, 0.3) is 0 Å². The van der Waals surface area contributed by atoms with Crippen molar-refractivity contribution in [3.8, 4) is 0 Å². The van der Waals surface area contributed by atoms with Crippen molar-refractivity contribution >= 4 is 37.1 Å².